The highest BCUT2D eigenvalue weighted by Gasteiger charge is 2.16. The van der Waals surface area contributed by atoms with Crippen molar-refractivity contribution in [3.8, 4) is 11.5 Å². The Morgan fingerprint density at radius 2 is 0.854 bits per heavy atom. The van der Waals surface area contributed by atoms with Gasteiger partial charge >= 0.3 is 0 Å². The van der Waals surface area contributed by atoms with Crippen LogP contribution in [0.1, 0.15) is 90.9 Å². The summed E-state index contributed by atoms with van der Waals surface area (Å²) in [5.74, 6) is 0.599. The summed E-state index contributed by atoms with van der Waals surface area (Å²) >= 11 is 0. The number of phenolic OH excluding ortho intramolecular Hbond substituents is 2. The lowest BCUT2D eigenvalue weighted by Crippen LogP contribution is -2.16. The monoisotopic (exact) mass is 640 g/mol. The summed E-state index contributed by atoms with van der Waals surface area (Å²) in [7, 11) is 0. The zero-order valence-corrected chi connectivity index (χ0v) is 28.5. The first kappa shape index (κ1) is 34.0. The predicted octanol–water partition coefficient (Wildman–Crippen LogP) is 9.53. The maximum Gasteiger partial charge on any atom is 0.255 e. The molecule has 0 aliphatic rings. The van der Waals surface area contributed by atoms with Crippen molar-refractivity contribution >= 4 is 23.2 Å². The van der Waals surface area contributed by atoms with E-state index in [1.807, 2.05) is 50.2 Å². The number of phenols is 2. The summed E-state index contributed by atoms with van der Waals surface area (Å²) in [6, 6.07) is 29.6. The number of anilines is 2. The number of hydrogen-bond acceptors (Lipinski definition) is 4. The molecule has 2 amide bonds. The Morgan fingerprint density at radius 1 is 0.521 bits per heavy atom. The van der Waals surface area contributed by atoms with Crippen LogP contribution in [0.15, 0.2) is 97.1 Å². The van der Waals surface area contributed by atoms with Crippen LogP contribution in [0.2, 0.25) is 0 Å². The first-order valence-corrected chi connectivity index (χ1v) is 16.4. The van der Waals surface area contributed by atoms with Crippen LogP contribution in [0, 0.1) is 27.7 Å². The molecule has 48 heavy (non-hydrogen) atoms. The second-order valence-corrected chi connectivity index (χ2v) is 13.1. The van der Waals surface area contributed by atoms with Gasteiger partial charge in [-0.05, 0) is 158 Å². The largest absolute Gasteiger partial charge is 0.508 e. The van der Waals surface area contributed by atoms with E-state index in [0.717, 1.165) is 57.6 Å². The number of benzene rings is 5. The number of amides is 2. The average Bonchev–Trinajstić information content (AvgIpc) is 3.06. The molecule has 4 N–H and O–H groups in total. The van der Waals surface area contributed by atoms with Crippen LogP contribution < -0.4 is 10.6 Å². The van der Waals surface area contributed by atoms with Crippen LogP contribution in [0.5, 0.6) is 11.5 Å². The fourth-order valence-corrected chi connectivity index (χ4v) is 6.12. The highest BCUT2D eigenvalue weighted by atomic mass is 16.3. The van der Waals surface area contributed by atoms with Crippen LogP contribution in [0.25, 0.3) is 0 Å². The Balaban J connectivity index is 1.20. The predicted molar refractivity (Wildman–Crippen MR) is 195 cm³/mol. The van der Waals surface area contributed by atoms with E-state index in [1.54, 1.807) is 48.5 Å². The van der Waals surface area contributed by atoms with Gasteiger partial charge in [-0.1, -0.05) is 50.2 Å². The molecule has 0 heterocycles. The molecule has 0 saturated heterocycles. The molecule has 5 rings (SSSR count). The summed E-state index contributed by atoms with van der Waals surface area (Å²) < 4.78 is 0. The van der Waals surface area contributed by atoms with Gasteiger partial charge < -0.3 is 20.8 Å². The van der Waals surface area contributed by atoms with E-state index in [0.29, 0.717) is 11.1 Å². The van der Waals surface area contributed by atoms with Crippen LogP contribution >= 0.6 is 0 Å². The lowest BCUT2D eigenvalue weighted by atomic mass is 9.90. The van der Waals surface area contributed by atoms with Crippen LogP contribution in [-0.2, 0) is 12.8 Å². The van der Waals surface area contributed by atoms with Crippen LogP contribution in [0.4, 0.5) is 11.4 Å². The molecule has 0 radical (unpaired) electrons. The first-order chi connectivity index (χ1) is 22.9. The van der Waals surface area contributed by atoms with Crippen molar-refractivity contribution in [2.45, 2.75) is 66.2 Å². The van der Waals surface area contributed by atoms with Gasteiger partial charge in [0.05, 0.1) is 0 Å². The average molecular weight is 641 g/mol. The Kier molecular flexibility index (Phi) is 10.3. The molecule has 0 bridgehead atoms. The van der Waals surface area contributed by atoms with Gasteiger partial charge in [0.1, 0.15) is 11.5 Å². The molecule has 6 heteroatoms. The minimum atomic E-state index is -0.238. The van der Waals surface area contributed by atoms with Crippen molar-refractivity contribution in [3.05, 3.63) is 153 Å². The Bertz CT molecular complexity index is 1790. The number of carbonyl (C=O) groups is 2. The van der Waals surface area contributed by atoms with Crippen LogP contribution in [0.3, 0.4) is 0 Å². The Labute approximate surface area is 283 Å². The zero-order chi connectivity index (χ0) is 34.5. The van der Waals surface area contributed by atoms with E-state index in [2.05, 4.69) is 50.5 Å². The number of hydrogen-bond donors (Lipinski definition) is 4. The molecule has 0 saturated carbocycles. The number of aromatic hydroxyl groups is 2. The third-order valence-corrected chi connectivity index (χ3v) is 9.25. The molecule has 5 aromatic rings. The quantitative estimate of drug-likeness (QED) is 0.122. The summed E-state index contributed by atoms with van der Waals surface area (Å²) in [6.45, 7) is 12.4. The van der Waals surface area contributed by atoms with Crippen LogP contribution in [-0.4, -0.2) is 22.0 Å². The standard InChI is InChI=1S/C42H44N2O4/c1-25(31-11-15-37(45)16-12-31)19-35-21-29(5)39(23-27(35)3)43-41(47)33-7-9-34(10-8-33)42(48)44-40-24-28(4)36(22-30(40)6)20-26(2)32-13-17-38(46)18-14-32/h7-18,21-26,45-46H,19-20H2,1-6H3,(H,43,47)(H,44,48). The maximum atomic E-state index is 13.2. The molecule has 5 aromatic carbocycles. The summed E-state index contributed by atoms with van der Waals surface area (Å²) in [4.78, 5) is 26.4. The van der Waals surface area contributed by atoms with Crippen molar-refractivity contribution in [2.75, 3.05) is 10.6 Å². The second kappa shape index (κ2) is 14.6. The van der Waals surface area contributed by atoms with Gasteiger partial charge in [0.15, 0.2) is 0 Å². The molecule has 0 fully saturated rings. The van der Waals surface area contributed by atoms with Gasteiger partial charge in [-0.15, -0.1) is 0 Å². The van der Waals surface area contributed by atoms with Crippen molar-refractivity contribution < 1.29 is 19.8 Å². The first-order valence-electron chi connectivity index (χ1n) is 16.4. The SMILES string of the molecule is Cc1cc(NC(=O)c2ccc(C(=O)Nc3cc(C)c(CC(C)c4ccc(O)cc4)cc3C)cc2)c(C)cc1CC(C)c1ccc(O)cc1. The molecule has 0 aliphatic carbocycles. The van der Waals surface area contributed by atoms with Gasteiger partial charge in [0.2, 0.25) is 0 Å². The second-order valence-electron chi connectivity index (χ2n) is 13.1. The molecular weight excluding hydrogens is 596 g/mol. The van der Waals surface area contributed by atoms with E-state index in [1.165, 1.54) is 11.1 Å². The highest BCUT2D eigenvalue weighted by Crippen LogP contribution is 2.29. The number of aryl methyl sites for hydroxylation is 4. The lowest BCUT2D eigenvalue weighted by molar-refractivity contribution is 0.101. The molecule has 6 nitrogen and oxygen atoms in total. The van der Waals surface area contributed by atoms with Crippen molar-refractivity contribution in [1.82, 2.24) is 0 Å². The number of rotatable bonds is 10. The van der Waals surface area contributed by atoms with Crippen molar-refractivity contribution in [3.63, 3.8) is 0 Å². The molecular formula is C42H44N2O4. The molecule has 246 valence electrons. The molecule has 2 unspecified atom stereocenters. The zero-order valence-electron chi connectivity index (χ0n) is 28.5. The van der Waals surface area contributed by atoms with E-state index in [9.17, 15) is 19.8 Å². The van der Waals surface area contributed by atoms with Crippen molar-refractivity contribution in [1.29, 1.82) is 0 Å². The minimum Gasteiger partial charge on any atom is -0.508 e. The maximum absolute atomic E-state index is 13.2. The van der Waals surface area contributed by atoms with Gasteiger partial charge in [-0.2, -0.15) is 0 Å². The lowest BCUT2D eigenvalue weighted by Gasteiger charge is -2.17. The highest BCUT2D eigenvalue weighted by molar-refractivity contribution is 6.07. The van der Waals surface area contributed by atoms with Gasteiger partial charge in [0.25, 0.3) is 11.8 Å². The molecule has 0 aromatic heterocycles. The normalized spacial score (nSPS) is 12.3. The number of nitrogens with one attached hydrogen (secondary N) is 2. The molecule has 0 aliphatic heterocycles. The fraction of sp³-hybridized carbons (Fsp3) is 0.238. The summed E-state index contributed by atoms with van der Waals surface area (Å²) in [5.41, 5.74) is 11.3. The fourth-order valence-electron chi connectivity index (χ4n) is 6.12. The van der Waals surface area contributed by atoms with Gasteiger partial charge in [-0.3, -0.25) is 9.59 Å². The summed E-state index contributed by atoms with van der Waals surface area (Å²) in [5, 5.41) is 25.3. The molecule has 2 atom stereocenters. The smallest absolute Gasteiger partial charge is 0.255 e. The van der Waals surface area contributed by atoms with Crippen molar-refractivity contribution in [2.24, 2.45) is 0 Å². The van der Waals surface area contributed by atoms with E-state index in [4.69, 9.17) is 0 Å². The van der Waals surface area contributed by atoms with E-state index < -0.39 is 0 Å². The summed E-state index contributed by atoms with van der Waals surface area (Å²) in [6.07, 6.45) is 1.69. The third-order valence-electron chi connectivity index (χ3n) is 9.25. The van der Waals surface area contributed by atoms with E-state index in [-0.39, 0.29) is 35.1 Å². The topological polar surface area (TPSA) is 98.7 Å². The van der Waals surface area contributed by atoms with E-state index >= 15 is 0 Å². The third kappa shape index (κ3) is 8.13. The Morgan fingerprint density at radius 3 is 1.19 bits per heavy atom. The van der Waals surface area contributed by atoms with Gasteiger partial charge in [-0.25, -0.2) is 0 Å². The molecule has 0 spiro atoms. The minimum absolute atomic E-state index is 0.238. The Hall–Kier alpha value is -5.36. The van der Waals surface area contributed by atoms with Gasteiger partial charge in [0, 0.05) is 22.5 Å². The number of carbonyl (C=O) groups excluding carboxylic acids is 2.